The predicted molar refractivity (Wildman–Crippen MR) is 148 cm³/mol. The smallest absolute Gasteiger partial charge is 0.404 e. The molecule has 0 radical (unpaired) electrons. The van der Waals surface area contributed by atoms with E-state index in [1.165, 1.54) is 22.5 Å². The van der Waals surface area contributed by atoms with Gasteiger partial charge >= 0.3 is 6.09 Å². The zero-order valence-electron chi connectivity index (χ0n) is 22.4. The van der Waals surface area contributed by atoms with Crippen LogP contribution in [0.4, 0.5) is 4.79 Å². The van der Waals surface area contributed by atoms with Crippen LogP contribution < -0.4 is 19.5 Å². The molecule has 3 N–H and O–H groups in total. The number of carbonyl (C=O) groups is 1. The first-order valence-electron chi connectivity index (χ1n) is 12.9. The third-order valence-corrected chi connectivity index (χ3v) is 8.17. The minimum absolute atomic E-state index is 0.00145. The molecule has 0 saturated carbocycles. The molecular formula is C29H34N2O8S. The highest BCUT2D eigenvalue weighted by atomic mass is 32.2. The fraction of sp³-hybridized carbons (Fsp3) is 0.345. The molecule has 2 atom stereocenters. The van der Waals surface area contributed by atoms with E-state index in [0.717, 1.165) is 11.1 Å². The maximum atomic E-state index is 13.6. The third-order valence-electron chi connectivity index (χ3n) is 6.34. The fourth-order valence-corrected chi connectivity index (χ4v) is 6.00. The fourth-order valence-electron chi connectivity index (χ4n) is 4.36. The molecule has 214 valence electrons. The first-order chi connectivity index (χ1) is 19.1. The van der Waals surface area contributed by atoms with Crippen molar-refractivity contribution in [3.05, 3.63) is 83.9 Å². The van der Waals surface area contributed by atoms with Crippen molar-refractivity contribution < 1.29 is 37.6 Å². The van der Waals surface area contributed by atoms with E-state index < -0.39 is 28.3 Å². The van der Waals surface area contributed by atoms with Crippen LogP contribution in [0.3, 0.4) is 0 Å². The lowest BCUT2D eigenvalue weighted by molar-refractivity contribution is 0.0980. The lowest BCUT2D eigenvalue weighted by atomic mass is 10.0. The van der Waals surface area contributed by atoms with Crippen LogP contribution in [0.5, 0.6) is 17.2 Å². The van der Waals surface area contributed by atoms with E-state index in [-0.39, 0.29) is 37.1 Å². The summed E-state index contributed by atoms with van der Waals surface area (Å²) in [6.45, 7) is 3.96. The molecule has 3 aromatic rings. The van der Waals surface area contributed by atoms with E-state index in [2.05, 4.69) is 5.32 Å². The van der Waals surface area contributed by atoms with Crippen molar-refractivity contribution in [2.24, 2.45) is 5.92 Å². The molecule has 1 heterocycles. The summed E-state index contributed by atoms with van der Waals surface area (Å²) >= 11 is 0. The zero-order valence-corrected chi connectivity index (χ0v) is 23.2. The number of rotatable bonds is 13. The van der Waals surface area contributed by atoms with E-state index in [9.17, 15) is 23.4 Å². The topological polar surface area (TPSA) is 135 Å². The van der Waals surface area contributed by atoms with Crippen LogP contribution >= 0.6 is 0 Å². The summed E-state index contributed by atoms with van der Waals surface area (Å²) in [5.74, 6) is 1.38. The highest BCUT2D eigenvalue weighted by Gasteiger charge is 2.32. The van der Waals surface area contributed by atoms with Crippen molar-refractivity contribution in [3.63, 3.8) is 0 Å². The summed E-state index contributed by atoms with van der Waals surface area (Å²) in [4.78, 5) is 11.6. The molecule has 0 spiro atoms. The van der Waals surface area contributed by atoms with Gasteiger partial charge in [0.25, 0.3) is 0 Å². The number of nitrogens with zero attached hydrogens (tertiary/aromatic N) is 1. The largest absolute Gasteiger partial charge is 0.489 e. The Hall–Kier alpha value is -3.80. The Labute approximate surface area is 234 Å². The van der Waals surface area contributed by atoms with Crippen molar-refractivity contribution >= 4 is 16.1 Å². The van der Waals surface area contributed by atoms with Gasteiger partial charge in [0.2, 0.25) is 16.8 Å². The van der Waals surface area contributed by atoms with Gasteiger partial charge in [-0.1, -0.05) is 56.3 Å². The third kappa shape index (κ3) is 7.65. The number of fused-ring (bicyclic) bond motifs is 1. The molecule has 0 bridgehead atoms. The lowest BCUT2D eigenvalue weighted by Gasteiger charge is -2.30. The van der Waals surface area contributed by atoms with Crippen LogP contribution in [-0.4, -0.2) is 61.1 Å². The SMILES string of the molecule is CC(C)CN(C[C@H](O)[C@H](Cc1ccc(OCc2ccccc2)cc1)NC(=O)O)S(=O)(=O)c1ccc2c(c1)OCO2. The molecule has 3 aromatic carbocycles. The van der Waals surface area contributed by atoms with Crippen LogP contribution in [0.1, 0.15) is 25.0 Å². The van der Waals surface area contributed by atoms with E-state index in [4.69, 9.17) is 14.2 Å². The van der Waals surface area contributed by atoms with Crippen molar-refractivity contribution in [2.75, 3.05) is 19.9 Å². The molecule has 0 saturated heterocycles. The Morgan fingerprint density at radius 3 is 2.35 bits per heavy atom. The van der Waals surface area contributed by atoms with Gasteiger partial charge in [-0.25, -0.2) is 13.2 Å². The molecule has 10 nitrogen and oxygen atoms in total. The molecular weight excluding hydrogens is 536 g/mol. The molecule has 1 aliphatic heterocycles. The molecule has 1 amide bonds. The van der Waals surface area contributed by atoms with Crippen LogP contribution in [0, 0.1) is 5.92 Å². The van der Waals surface area contributed by atoms with Gasteiger partial charge in [-0.15, -0.1) is 0 Å². The van der Waals surface area contributed by atoms with E-state index in [0.29, 0.717) is 23.9 Å². The molecule has 0 aliphatic carbocycles. The molecule has 0 fully saturated rings. The maximum Gasteiger partial charge on any atom is 0.404 e. The monoisotopic (exact) mass is 570 g/mol. The van der Waals surface area contributed by atoms with Gasteiger partial charge in [-0.05, 0) is 47.7 Å². The summed E-state index contributed by atoms with van der Waals surface area (Å²) < 4.78 is 44.8. The van der Waals surface area contributed by atoms with Crippen LogP contribution in [0.15, 0.2) is 77.7 Å². The summed E-state index contributed by atoms with van der Waals surface area (Å²) in [6, 6.07) is 20.3. The summed E-state index contributed by atoms with van der Waals surface area (Å²) in [7, 11) is -4.04. The van der Waals surface area contributed by atoms with Crippen LogP contribution in [0.2, 0.25) is 0 Å². The van der Waals surface area contributed by atoms with E-state index in [1.54, 1.807) is 24.3 Å². The molecule has 0 aromatic heterocycles. The second-order valence-electron chi connectivity index (χ2n) is 9.98. The van der Waals surface area contributed by atoms with Gasteiger partial charge in [0.05, 0.1) is 17.0 Å². The number of hydrogen-bond acceptors (Lipinski definition) is 7. The maximum absolute atomic E-state index is 13.6. The predicted octanol–water partition coefficient (Wildman–Crippen LogP) is 3.88. The Morgan fingerprint density at radius 2 is 1.68 bits per heavy atom. The Morgan fingerprint density at radius 1 is 0.975 bits per heavy atom. The number of aliphatic hydroxyl groups is 1. The minimum Gasteiger partial charge on any atom is -0.489 e. The summed E-state index contributed by atoms with van der Waals surface area (Å²) in [6.07, 6.45) is -2.50. The van der Waals surface area contributed by atoms with Gasteiger partial charge in [-0.2, -0.15) is 4.31 Å². The highest BCUT2D eigenvalue weighted by Crippen LogP contribution is 2.35. The van der Waals surface area contributed by atoms with Gasteiger partial charge in [0.1, 0.15) is 12.4 Å². The van der Waals surface area contributed by atoms with Crippen LogP contribution in [0.25, 0.3) is 0 Å². The molecule has 0 unspecified atom stereocenters. The average molecular weight is 571 g/mol. The molecule has 40 heavy (non-hydrogen) atoms. The number of amides is 1. The van der Waals surface area contributed by atoms with E-state index >= 15 is 0 Å². The Balaban J connectivity index is 1.47. The number of benzene rings is 3. The minimum atomic E-state index is -4.04. The van der Waals surface area contributed by atoms with Gasteiger partial charge < -0.3 is 29.7 Å². The highest BCUT2D eigenvalue weighted by molar-refractivity contribution is 7.89. The standard InChI is InChI=1S/C29H34N2O8S/c1-20(2)16-31(40(35,36)24-12-13-27-28(15-24)39-19-38-27)17-26(32)25(30-29(33)34)14-21-8-10-23(11-9-21)37-18-22-6-4-3-5-7-22/h3-13,15,20,25-26,30,32H,14,16-19H2,1-2H3,(H,33,34)/t25-,26-/m0/s1. The van der Waals surface area contributed by atoms with Gasteiger partial charge in [-0.3, -0.25) is 0 Å². The van der Waals surface area contributed by atoms with Crippen molar-refractivity contribution in [1.29, 1.82) is 0 Å². The number of ether oxygens (including phenoxy) is 3. The molecule has 11 heteroatoms. The van der Waals surface area contributed by atoms with Crippen LogP contribution in [-0.2, 0) is 23.1 Å². The van der Waals surface area contributed by atoms with Gasteiger partial charge in [0.15, 0.2) is 11.5 Å². The van der Waals surface area contributed by atoms with E-state index in [1.807, 2.05) is 44.2 Å². The first-order valence-corrected chi connectivity index (χ1v) is 14.4. The molecule has 4 rings (SSSR count). The lowest BCUT2D eigenvalue weighted by Crippen LogP contribution is -2.50. The second kappa shape index (κ2) is 13.0. The Bertz CT molecular complexity index is 1380. The molecule has 1 aliphatic rings. The summed E-state index contributed by atoms with van der Waals surface area (Å²) in [5, 5.41) is 22.9. The first kappa shape index (κ1) is 29.2. The number of carboxylic acid groups (broad SMARTS) is 1. The van der Waals surface area contributed by atoms with Crippen molar-refractivity contribution in [1.82, 2.24) is 9.62 Å². The number of aliphatic hydroxyl groups excluding tert-OH is 1. The number of nitrogens with one attached hydrogen (secondary N) is 1. The number of sulfonamides is 1. The van der Waals surface area contributed by atoms with Crippen molar-refractivity contribution in [3.8, 4) is 17.2 Å². The Kier molecular flexibility index (Phi) is 9.51. The van der Waals surface area contributed by atoms with Gasteiger partial charge in [0, 0.05) is 19.2 Å². The zero-order chi connectivity index (χ0) is 28.7. The summed E-state index contributed by atoms with van der Waals surface area (Å²) in [5.41, 5.74) is 1.78. The second-order valence-corrected chi connectivity index (χ2v) is 11.9. The number of hydrogen-bond donors (Lipinski definition) is 3. The quantitative estimate of drug-likeness (QED) is 0.282. The average Bonchev–Trinajstić information content (AvgIpc) is 3.40. The van der Waals surface area contributed by atoms with Crippen molar-refractivity contribution in [2.45, 2.75) is 43.9 Å². The normalized spacial score (nSPS) is 14.2.